The van der Waals surface area contributed by atoms with Gasteiger partial charge in [-0.25, -0.2) is 0 Å². The fraction of sp³-hybridized carbons (Fsp3) is 0.875. The van der Waals surface area contributed by atoms with Crippen molar-refractivity contribution in [2.24, 2.45) is 16.3 Å². The first kappa shape index (κ1) is 20.6. The van der Waals surface area contributed by atoms with Crippen LogP contribution in [0.25, 0.3) is 0 Å². The summed E-state index contributed by atoms with van der Waals surface area (Å²) in [5, 5.41) is 9.04. The van der Waals surface area contributed by atoms with E-state index in [1.807, 2.05) is 20.8 Å². The summed E-state index contributed by atoms with van der Waals surface area (Å²) >= 11 is 0. The van der Waals surface area contributed by atoms with Gasteiger partial charge in [0.15, 0.2) is 5.96 Å². The Morgan fingerprint density at radius 2 is 1.58 bits per heavy atom. The molecule has 0 spiro atoms. The number of carbonyl (C=O) groups excluding carboxylic acids is 1. The minimum absolute atomic E-state index is 0.000957. The third kappa shape index (κ3) is 6.97. The zero-order chi connectivity index (χ0) is 18.4. The Bertz CT molecular complexity index is 436. The van der Waals surface area contributed by atoms with E-state index in [1.54, 1.807) is 7.05 Å². The van der Waals surface area contributed by atoms with Gasteiger partial charge in [-0.3, -0.25) is 9.79 Å². The standard InChI is InChI=1S/C16H29F3N4O/c1-15(2,3)13(24)21-9-10-22-14(20-4)23-12-7-5-11(6-8-12)16(17,18)19/h11-12H,5-10H2,1-4H3,(H,21,24)(H2,20,22,23). The van der Waals surface area contributed by atoms with Crippen LogP contribution in [0.3, 0.4) is 0 Å². The van der Waals surface area contributed by atoms with Crippen molar-refractivity contribution in [3.63, 3.8) is 0 Å². The molecule has 0 aromatic rings. The van der Waals surface area contributed by atoms with E-state index >= 15 is 0 Å². The van der Waals surface area contributed by atoms with Crippen LogP contribution in [-0.2, 0) is 4.79 Å². The number of nitrogens with one attached hydrogen (secondary N) is 3. The lowest BCUT2D eigenvalue weighted by Gasteiger charge is -2.31. The summed E-state index contributed by atoms with van der Waals surface area (Å²) in [6, 6.07) is -0.000957. The molecule has 8 heteroatoms. The Hall–Kier alpha value is -1.47. The summed E-state index contributed by atoms with van der Waals surface area (Å²) in [6.07, 6.45) is -2.83. The number of nitrogens with zero attached hydrogens (tertiary/aromatic N) is 1. The normalized spacial score (nSPS) is 22.9. The van der Waals surface area contributed by atoms with Gasteiger partial charge < -0.3 is 16.0 Å². The van der Waals surface area contributed by atoms with E-state index in [2.05, 4.69) is 20.9 Å². The van der Waals surface area contributed by atoms with E-state index in [1.165, 1.54) is 0 Å². The first-order valence-corrected chi connectivity index (χ1v) is 8.36. The van der Waals surface area contributed by atoms with Crippen LogP contribution in [-0.4, -0.2) is 44.2 Å². The van der Waals surface area contributed by atoms with Crippen LogP contribution < -0.4 is 16.0 Å². The number of halogens is 3. The van der Waals surface area contributed by atoms with Gasteiger partial charge in [0, 0.05) is 31.6 Å². The largest absolute Gasteiger partial charge is 0.391 e. The molecule has 0 saturated heterocycles. The summed E-state index contributed by atoms with van der Waals surface area (Å²) in [6.45, 7) is 6.48. The molecule has 1 aliphatic rings. The number of amides is 1. The van der Waals surface area contributed by atoms with Gasteiger partial charge in [-0.2, -0.15) is 13.2 Å². The number of guanidine groups is 1. The van der Waals surface area contributed by atoms with Gasteiger partial charge in [-0.15, -0.1) is 0 Å². The highest BCUT2D eigenvalue weighted by molar-refractivity contribution is 5.82. The summed E-state index contributed by atoms with van der Waals surface area (Å²) in [7, 11) is 1.62. The minimum Gasteiger partial charge on any atom is -0.355 e. The molecule has 0 aromatic carbocycles. The fourth-order valence-electron chi connectivity index (χ4n) is 2.58. The first-order valence-electron chi connectivity index (χ1n) is 8.36. The highest BCUT2D eigenvalue weighted by Crippen LogP contribution is 2.37. The Morgan fingerprint density at radius 3 is 2.04 bits per heavy atom. The van der Waals surface area contributed by atoms with E-state index in [9.17, 15) is 18.0 Å². The van der Waals surface area contributed by atoms with Crippen molar-refractivity contribution in [3.05, 3.63) is 0 Å². The second kappa shape index (κ2) is 8.58. The van der Waals surface area contributed by atoms with Crippen molar-refractivity contribution in [1.82, 2.24) is 16.0 Å². The molecule has 1 amide bonds. The number of hydrogen-bond donors (Lipinski definition) is 3. The predicted molar refractivity (Wildman–Crippen MR) is 88.8 cm³/mol. The molecule has 1 rings (SSSR count). The summed E-state index contributed by atoms with van der Waals surface area (Å²) in [4.78, 5) is 15.8. The quantitative estimate of drug-likeness (QED) is 0.414. The van der Waals surface area contributed by atoms with Gasteiger partial charge in [0.1, 0.15) is 0 Å². The van der Waals surface area contributed by atoms with E-state index in [0.717, 1.165) is 0 Å². The smallest absolute Gasteiger partial charge is 0.355 e. The lowest BCUT2D eigenvalue weighted by molar-refractivity contribution is -0.182. The third-order valence-corrected chi connectivity index (χ3v) is 4.14. The monoisotopic (exact) mass is 350 g/mol. The highest BCUT2D eigenvalue weighted by atomic mass is 19.4. The molecule has 0 aromatic heterocycles. The lowest BCUT2D eigenvalue weighted by atomic mass is 9.85. The maximum atomic E-state index is 12.7. The van der Waals surface area contributed by atoms with Crippen LogP contribution >= 0.6 is 0 Å². The van der Waals surface area contributed by atoms with Crippen molar-refractivity contribution in [2.45, 2.75) is 58.7 Å². The third-order valence-electron chi connectivity index (χ3n) is 4.14. The molecule has 1 fully saturated rings. The molecule has 0 aliphatic heterocycles. The summed E-state index contributed by atoms with van der Waals surface area (Å²) < 4.78 is 38.0. The molecule has 3 N–H and O–H groups in total. The van der Waals surface area contributed by atoms with Crippen LogP contribution in [0.1, 0.15) is 46.5 Å². The fourth-order valence-corrected chi connectivity index (χ4v) is 2.58. The molecule has 5 nitrogen and oxygen atoms in total. The van der Waals surface area contributed by atoms with Crippen LogP contribution in [0.15, 0.2) is 4.99 Å². The van der Waals surface area contributed by atoms with Crippen molar-refractivity contribution in [2.75, 3.05) is 20.1 Å². The van der Waals surface area contributed by atoms with E-state index in [0.29, 0.717) is 31.9 Å². The predicted octanol–water partition coefficient (Wildman–Crippen LogP) is 2.43. The second-order valence-corrected chi connectivity index (χ2v) is 7.24. The molecule has 0 unspecified atom stereocenters. The lowest BCUT2D eigenvalue weighted by Crippen LogP contribution is -2.48. The Kier molecular flexibility index (Phi) is 7.35. The molecule has 1 aliphatic carbocycles. The Balaban J connectivity index is 2.28. The highest BCUT2D eigenvalue weighted by Gasteiger charge is 2.41. The van der Waals surface area contributed by atoms with Crippen LogP contribution in [0.5, 0.6) is 0 Å². The molecule has 0 bridgehead atoms. The zero-order valence-electron chi connectivity index (χ0n) is 14.9. The number of rotatable bonds is 4. The van der Waals surface area contributed by atoms with Gasteiger partial charge in [0.25, 0.3) is 0 Å². The first-order chi connectivity index (χ1) is 11.0. The molecule has 0 heterocycles. The molecule has 1 saturated carbocycles. The Morgan fingerprint density at radius 1 is 1.04 bits per heavy atom. The number of carbonyl (C=O) groups is 1. The summed E-state index contributed by atoms with van der Waals surface area (Å²) in [5.74, 6) is -0.661. The van der Waals surface area contributed by atoms with Crippen LogP contribution in [0, 0.1) is 11.3 Å². The number of hydrogen-bond acceptors (Lipinski definition) is 2. The van der Waals surface area contributed by atoms with Crippen molar-refractivity contribution in [1.29, 1.82) is 0 Å². The average Bonchev–Trinajstić information content (AvgIpc) is 2.48. The maximum Gasteiger partial charge on any atom is 0.391 e. The average molecular weight is 350 g/mol. The van der Waals surface area contributed by atoms with E-state index in [4.69, 9.17) is 0 Å². The SMILES string of the molecule is CN=C(NCCNC(=O)C(C)(C)C)NC1CCC(C(F)(F)F)CC1. The van der Waals surface area contributed by atoms with Crippen molar-refractivity contribution in [3.8, 4) is 0 Å². The van der Waals surface area contributed by atoms with Gasteiger partial charge in [0.05, 0.1) is 5.92 Å². The van der Waals surface area contributed by atoms with Crippen molar-refractivity contribution >= 4 is 11.9 Å². The van der Waals surface area contributed by atoms with Crippen LogP contribution in [0.2, 0.25) is 0 Å². The van der Waals surface area contributed by atoms with Gasteiger partial charge >= 0.3 is 6.18 Å². The zero-order valence-corrected chi connectivity index (χ0v) is 14.9. The van der Waals surface area contributed by atoms with E-state index < -0.39 is 17.5 Å². The molecule has 140 valence electrons. The van der Waals surface area contributed by atoms with Crippen molar-refractivity contribution < 1.29 is 18.0 Å². The van der Waals surface area contributed by atoms with Gasteiger partial charge in [0.2, 0.25) is 5.91 Å². The van der Waals surface area contributed by atoms with Gasteiger partial charge in [-0.05, 0) is 25.7 Å². The molecule has 0 atom stereocenters. The summed E-state index contributed by atoms with van der Waals surface area (Å²) in [5.41, 5.74) is -0.433. The molecular formula is C16H29F3N4O. The van der Waals surface area contributed by atoms with Gasteiger partial charge in [-0.1, -0.05) is 20.8 Å². The second-order valence-electron chi connectivity index (χ2n) is 7.24. The topological polar surface area (TPSA) is 65.5 Å². The van der Waals surface area contributed by atoms with Crippen LogP contribution in [0.4, 0.5) is 13.2 Å². The number of aliphatic imine (C=N–C) groups is 1. The molecule has 24 heavy (non-hydrogen) atoms. The minimum atomic E-state index is -4.09. The van der Waals surface area contributed by atoms with E-state index in [-0.39, 0.29) is 24.8 Å². The Labute approximate surface area is 141 Å². The maximum absolute atomic E-state index is 12.7. The molecule has 0 radical (unpaired) electrons. The molecular weight excluding hydrogens is 321 g/mol. The number of alkyl halides is 3.